The molecule has 0 amide bonds. The zero-order chi connectivity index (χ0) is 11.8. The van der Waals surface area contributed by atoms with Crippen molar-refractivity contribution in [1.82, 2.24) is 9.55 Å². The molecule has 0 bridgehead atoms. The fraction of sp³-hybridized carbons (Fsp3) is 0.500. The average molecular weight is 230 g/mol. The van der Waals surface area contributed by atoms with Crippen molar-refractivity contribution >= 4 is 10.9 Å². The van der Waals surface area contributed by atoms with Crippen molar-refractivity contribution in [2.45, 2.75) is 45.1 Å². The first-order chi connectivity index (χ1) is 8.25. The van der Waals surface area contributed by atoms with Crippen LogP contribution in [0.2, 0.25) is 0 Å². The molecular weight excluding hydrogens is 212 g/mol. The van der Waals surface area contributed by atoms with Crippen LogP contribution in [0, 0.1) is 6.92 Å². The van der Waals surface area contributed by atoms with Gasteiger partial charge in [-0.2, -0.15) is 0 Å². The summed E-state index contributed by atoms with van der Waals surface area (Å²) in [6.07, 6.45) is 8.40. The lowest BCUT2D eigenvalue weighted by Crippen LogP contribution is -2.17. The lowest BCUT2D eigenvalue weighted by molar-refractivity contribution is 0.360. The molecule has 0 aromatic carbocycles. The Morgan fingerprint density at radius 3 is 2.82 bits per heavy atom. The molecule has 0 saturated heterocycles. The third kappa shape index (κ3) is 1.79. The van der Waals surface area contributed by atoms with Crippen molar-refractivity contribution in [2.75, 3.05) is 0 Å². The minimum Gasteiger partial charge on any atom is -0.340 e. The molecule has 2 heterocycles. The van der Waals surface area contributed by atoms with Gasteiger partial charge in [0.2, 0.25) is 0 Å². The maximum atomic E-state index is 12.0. The van der Waals surface area contributed by atoms with Crippen LogP contribution in [-0.4, -0.2) is 9.55 Å². The van der Waals surface area contributed by atoms with Gasteiger partial charge in [-0.25, -0.2) is 0 Å². The van der Waals surface area contributed by atoms with Crippen LogP contribution in [0.4, 0.5) is 0 Å². The van der Waals surface area contributed by atoms with E-state index in [2.05, 4.69) is 27.9 Å². The Morgan fingerprint density at radius 1 is 1.29 bits per heavy atom. The molecule has 0 aliphatic heterocycles. The van der Waals surface area contributed by atoms with Crippen molar-refractivity contribution in [1.29, 1.82) is 0 Å². The molecule has 1 N–H and O–H groups in total. The molecule has 1 aliphatic carbocycles. The maximum absolute atomic E-state index is 12.0. The molecule has 17 heavy (non-hydrogen) atoms. The highest BCUT2D eigenvalue weighted by molar-refractivity contribution is 5.79. The number of H-pyrrole nitrogens is 1. The molecule has 0 atom stereocenters. The van der Waals surface area contributed by atoms with Crippen LogP contribution >= 0.6 is 0 Å². The molecule has 3 heteroatoms. The lowest BCUT2D eigenvalue weighted by atomic mass is 9.95. The average Bonchev–Trinajstić information content (AvgIpc) is 2.74. The molecule has 2 aromatic heterocycles. The molecule has 1 saturated carbocycles. The summed E-state index contributed by atoms with van der Waals surface area (Å²) in [6, 6.07) is 4.63. The van der Waals surface area contributed by atoms with E-state index in [1.54, 1.807) is 0 Å². The van der Waals surface area contributed by atoms with Gasteiger partial charge in [-0.3, -0.25) is 4.79 Å². The van der Waals surface area contributed by atoms with E-state index in [0.29, 0.717) is 6.04 Å². The van der Waals surface area contributed by atoms with Gasteiger partial charge in [0.05, 0.1) is 0 Å². The molecule has 1 aliphatic rings. The van der Waals surface area contributed by atoms with Crippen LogP contribution < -0.4 is 5.56 Å². The summed E-state index contributed by atoms with van der Waals surface area (Å²) in [6.45, 7) is 1.93. The number of aromatic nitrogens is 2. The van der Waals surface area contributed by atoms with E-state index in [9.17, 15) is 4.79 Å². The van der Waals surface area contributed by atoms with Crippen LogP contribution in [0.15, 0.2) is 23.1 Å². The van der Waals surface area contributed by atoms with Gasteiger partial charge in [-0.15, -0.1) is 0 Å². The first kappa shape index (κ1) is 10.6. The smallest absolute Gasteiger partial charge is 0.272 e. The SMILES string of the molecule is Cc1cc2ccn(C3CCCCC3)c2c(=O)[nH]1. The Morgan fingerprint density at radius 2 is 2.06 bits per heavy atom. The van der Waals surface area contributed by atoms with Gasteiger partial charge >= 0.3 is 0 Å². The van der Waals surface area contributed by atoms with Crippen molar-refractivity contribution in [3.8, 4) is 0 Å². The summed E-state index contributed by atoms with van der Waals surface area (Å²) in [5, 5.41) is 1.07. The molecule has 0 unspecified atom stereocenters. The van der Waals surface area contributed by atoms with E-state index < -0.39 is 0 Å². The number of nitrogens with zero attached hydrogens (tertiary/aromatic N) is 1. The maximum Gasteiger partial charge on any atom is 0.272 e. The minimum absolute atomic E-state index is 0.0515. The fourth-order valence-electron chi connectivity index (χ4n) is 3.00. The van der Waals surface area contributed by atoms with Crippen LogP contribution in [-0.2, 0) is 0 Å². The van der Waals surface area contributed by atoms with Gasteiger partial charge in [0.1, 0.15) is 5.52 Å². The van der Waals surface area contributed by atoms with Crippen molar-refractivity contribution in [2.24, 2.45) is 0 Å². The number of hydrogen-bond donors (Lipinski definition) is 1. The summed E-state index contributed by atoms with van der Waals surface area (Å²) >= 11 is 0. The second-order valence-electron chi connectivity index (χ2n) is 5.10. The Labute approximate surface area is 100 Å². The van der Waals surface area contributed by atoms with Crippen LogP contribution in [0.25, 0.3) is 10.9 Å². The summed E-state index contributed by atoms with van der Waals surface area (Å²) < 4.78 is 2.19. The van der Waals surface area contributed by atoms with Gasteiger partial charge in [-0.05, 0) is 31.9 Å². The number of rotatable bonds is 1. The molecule has 2 aromatic rings. The highest BCUT2D eigenvalue weighted by Gasteiger charge is 2.17. The topological polar surface area (TPSA) is 37.8 Å². The van der Waals surface area contributed by atoms with Gasteiger partial charge < -0.3 is 9.55 Å². The molecular formula is C14H18N2O. The van der Waals surface area contributed by atoms with Gasteiger partial charge in [0, 0.05) is 23.3 Å². The molecule has 3 nitrogen and oxygen atoms in total. The zero-order valence-electron chi connectivity index (χ0n) is 10.2. The molecule has 1 fully saturated rings. The number of fused-ring (bicyclic) bond motifs is 1. The van der Waals surface area contributed by atoms with E-state index in [-0.39, 0.29) is 5.56 Å². The summed E-state index contributed by atoms with van der Waals surface area (Å²) in [4.78, 5) is 15.0. The lowest BCUT2D eigenvalue weighted by Gasteiger charge is -2.23. The predicted octanol–water partition coefficient (Wildman–Crippen LogP) is 3.14. The second-order valence-corrected chi connectivity index (χ2v) is 5.10. The van der Waals surface area contributed by atoms with E-state index in [0.717, 1.165) is 16.6 Å². The summed E-state index contributed by atoms with van der Waals surface area (Å²) in [5.74, 6) is 0. The second kappa shape index (κ2) is 4.06. The molecule has 90 valence electrons. The standard InChI is InChI=1S/C14H18N2O/c1-10-9-11-7-8-16(13(11)14(17)15-10)12-5-3-2-4-6-12/h7-9,12H,2-6H2,1H3,(H,15,17). The number of pyridine rings is 1. The zero-order valence-corrected chi connectivity index (χ0v) is 10.2. The number of nitrogens with one attached hydrogen (secondary N) is 1. The number of aromatic amines is 1. The monoisotopic (exact) mass is 230 g/mol. The summed E-state index contributed by atoms with van der Waals surface area (Å²) in [7, 11) is 0. The third-order valence-electron chi connectivity index (χ3n) is 3.81. The number of hydrogen-bond acceptors (Lipinski definition) is 1. The van der Waals surface area contributed by atoms with Gasteiger partial charge in [0.15, 0.2) is 0 Å². The molecule has 0 radical (unpaired) electrons. The van der Waals surface area contributed by atoms with Crippen LogP contribution in [0.3, 0.4) is 0 Å². The summed E-state index contributed by atoms with van der Waals surface area (Å²) in [5.41, 5.74) is 1.84. The Kier molecular flexibility index (Phi) is 2.54. The van der Waals surface area contributed by atoms with Crippen molar-refractivity contribution in [3.05, 3.63) is 34.4 Å². The van der Waals surface area contributed by atoms with Crippen molar-refractivity contribution in [3.63, 3.8) is 0 Å². The quantitative estimate of drug-likeness (QED) is 0.803. The van der Waals surface area contributed by atoms with Crippen molar-refractivity contribution < 1.29 is 0 Å². The van der Waals surface area contributed by atoms with Gasteiger partial charge in [-0.1, -0.05) is 19.3 Å². The first-order valence-electron chi connectivity index (χ1n) is 6.46. The van der Waals surface area contributed by atoms with Gasteiger partial charge in [0.25, 0.3) is 5.56 Å². The highest BCUT2D eigenvalue weighted by Crippen LogP contribution is 2.30. The predicted molar refractivity (Wildman–Crippen MR) is 69.4 cm³/mol. The molecule has 0 spiro atoms. The minimum atomic E-state index is 0.0515. The Bertz CT molecular complexity index is 588. The third-order valence-corrected chi connectivity index (χ3v) is 3.81. The van der Waals surface area contributed by atoms with E-state index in [4.69, 9.17) is 0 Å². The number of aryl methyl sites for hydroxylation is 1. The Hall–Kier alpha value is -1.51. The van der Waals surface area contributed by atoms with E-state index in [1.165, 1.54) is 32.1 Å². The van der Waals surface area contributed by atoms with Crippen LogP contribution in [0.5, 0.6) is 0 Å². The Balaban J connectivity index is 2.14. The van der Waals surface area contributed by atoms with E-state index in [1.807, 2.05) is 6.92 Å². The molecule has 3 rings (SSSR count). The first-order valence-corrected chi connectivity index (χ1v) is 6.46. The normalized spacial score (nSPS) is 17.7. The fourth-order valence-corrected chi connectivity index (χ4v) is 3.00. The van der Waals surface area contributed by atoms with Crippen LogP contribution in [0.1, 0.15) is 43.8 Å². The highest BCUT2D eigenvalue weighted by atomic mass is 16.1. The van der Waals surface area contributed by atoms with E-state index >= 15 is 0 Å². The largest absolute Gasteiger partial charge is 0.340 e.